The van der Waals surface area contributed by atoms with Gasteiger partial charge in [0.1, 0.15) is 17.8 Å². The summed E-state index contributed by atoms with van der Waals surface area (Å²) in [7, 11) is 0.329. The predicted molar refractivity (Wildman–Crippen MR) is 153 cm³/mol. The van der Waals surface area contributed by atoms with Crippen molar-refractivity contribution in [3.05, 3.63) is 54.2 Å². The molecule has 0 saturated carbocycles. The minimum absolute atomic E-state index is 0.00821. The summed E-state index contributed by atoms with van der Waals surface area (Å²) in [6, 6.07) is 12.0. The number of carbonyl (C=O) groups excluding carboxylic acids is 4. The largest absolute Gasteiger partial charge is 0.622 e. The summed E-state index contributed by atoms with van der Waals surface area (Å²) in [4.78, 5) is 58.2. The Balaban J connectivity index is 1.80. The molecule has 1 fully saturated rings. The van der Waals surface area contributed by atoms with Gasteiger partial charge in [-0.25, -0.2) is 4.98 Å². The van der Waals surface area contributed by atoms with Gasteiger partial charge >= 0.3 is 13.1 Å². The number of aromatic nitrogens is 1. The van der Waals surface area contributed by atoms with Crippen LogP contribution in [0.25, 0.3) is 11.3 Å². The Morgan fingerprint density at radius 1 is 1.05 bits per heavy atom. The van der Waals surface area contributed by atoms with Crippen LogP contribution < -0.4 is 10.6 Å². The second-order valence-electron chi connectivity index (χ2n) is 10.9. The van der Waals surface area contributed by atoms with Crippen LogP contribution in [-0.4, -0.2) is 83.1 Å². The molecule has 41 heavy (non-hydrogen) atoms. The van der Waals surface area contributed by atoms with E-state index in [0.717, 1.165) is 5.56 Å². The van der Waals surface area contributed by atoms with Crippen molar-refractivity contribution in [2.24, 2.45) is 5.92 Å². The number of amides is 2. The molecule has 12 heteroatoms. The Hall–Kier alpha value is -3.77. The number of likely N-dealkylation sites (N-methyl/N-ethyl adjacent to an activating group) is 1. The molecule has 0 spiro atoms. The Kier molecular flexibility index (Phi) is 11.0. The highest BCUT2D eigenvalue weighted by Gasteiger charge is 2.43. The van der Waals surface area contributed by atoms with E-state index in [9.17, 15) is 24.3 Å². The number of nitrogens with one attached hydrogen (secondary N) is 2. The standard InChI is InChI=1S/C29H39BN4O7/c1-17(2)15-24(30-40-25(36)16-18(3)34(6)19(4)29(39)41-30)32-28(38)26(20(5)35)33-27(37)23-14-10-13-22(31-23)21-11-8-7-9-12-21/h7-14,17-20,24,26,35H,15-16H2,1-6H3,(H,32,38)(H,33,37)/t18-,19+,20+,24-,26-/m0/s1. The molecule has 0 radical (unpaired) electrons. The van der Waals surface area contributed by atoms with E-state index < -0.39 is 55.0 Å². The topological polar surface area (TPSA) is 147 Å². The molecule has 2 heterocycles. The molecule has 0 bridgehead atoms. The number of benzene rings is 1. The predicted octanol–water partition coefficient (Wildman–Crippen LogP) is 1.98. The van der Waals surface area contributed by atoms with E-state index in [0.29, 0.717) is 5.69 Å². The minimum atomic E-state index is -1.39. The average molecular weight is 566 g/mol. The number of aliphatic hydroxyl groups is 1. The van der Waals surface area contributed by atoms with E-state index in [1.165, 1.54) is 13.0 Å². The number of rotatable bonds is 9. The Labute approximate surface area is 241 Å². The molecular formula is C29H39BN4O7. The molecule has 1 aliphatic heterocycles. The van der Waals surface area contributed by atoms with E-state index in [1.54, 1.807) is 37.9 Å². The summed E-state index contributed by atoms with van der Waals surface area (Å²) in [6.45, 7) is 8.64. The Morgan fingerprint density at radius 2 is 1.73 bits per heavy atom. The van der Waals surface area contributed by atoms with Gasteiger partial charge in [0, 0.05) is 11.6 Å². The lowest BCUT2D eigenvalue weighted by Gasteiger charge is -2.29. The minimum Gasteiger partial charge on any atom is -0.498 e. The van der Waals surface area contributed by atoms with Crippen LogP contribution in [0.5, 0.6) is 0 Å². The van der Waals surface area contributed by atoms with Crippen molar-refractivity contribution < 1.29 is 33.6 Å². The fraction of sp³-hybridized carbons (Fsp3) is 0.483. The van der Waals surface area contributed by atoms with Crippen LogP contribution in [-0.2, 0) is 23.7 Å². The number of aliphatic hydroxyl groups excluding tert-OH is 1. The van der Waals surface area contributed by atoms with Gasteiger partial charge in [0.25, 0.3) is 11.9 Å². The number of pyridine rings is 1. The summed E-state index contributed by atoms with van der Waals surface area (Å²) >= 11 is 0. The summed E-state index contributed by atoms with van der Waals surface area (Å²) in [5, 5.41) is 15.7. The smallest absolute Gasteiger partial charge is 0.498 e. The Bertz CT molecular complexity index is 1230. The third-order valence-corrected chi connectivity index (χ3v) is 7.07. The molecule has 1 aromatic carbocycles. The Morgan fingerprint density at radius 3 is 2.37 bits per heavy atom. The van der Waals surface area contributed by atoms with Crippen LogP contribution in [0.4, 0.5) is 0 Å². The van der Waals surface area contributed by atoms with Crippen LogP contribution >= 0.6 is 0 Å². The SMILES string of the molecule is CC(C)C[C@H](NC(=O)[C@@H](NC(=O)c1cccc(-c2ccccc2)n1)[C@@H](C)O)B1OC(=O)C[C@H](C)N(C)[C@H](C)C(=O)O1. The summed E-state index contributed by atoms with van der Waals surface area (Å²) < 4.78 is 11.1. The highest BCUT2D eigenvalue weighted by Crippen LogP contribution is 2.18. The number of nitrogens with zero attached hydrogens (tertiary/aromatic N) is 2. The summed E-state index contributed by atoms with van der Waals surface area (Å²) in [6.07, 6.45) is -0.966. The molecule has 3 N–H and O–H groups in total. The molecule has 3 rings (SSSR count). The molecule has 2 aromatic rings. The van der Waals surface area contributed by atoms with Crippen molar-refractivity contribution in [1.29, 1.82) is 0 Å². The normalized spacial score (nSPS) is 20.5. The third-order valence-electron chi connectivity index (χ3n) is 7.07. The van der Waals surface area contributed by atoms with Gasteiger partial charge in [-0.05, 0) is 52.3 Å². The van der Waals surface area contributed by atoms with E-state index >= 15 is 0 Å². The van der Waals surface area contributed by atoms with Crippen LogP contribution in [0.15, 0.2) is 48.5 Å². The molecule has 11 nitrogen and oxygen atoms in total. The van der Waals surface area contributed by atoms with Crippen LogP contribution in [0.1, 0.15) is 57.9 Å². The lowest BCUT2D eigenvalue weighted by Crippen LogP contribution is -2.59. The van der Waals surface area contributed by atoms with Crippen LogP contribution in [0, 0.1) is 5.92 Å². The highest BCUT2D eigenvalue weighted by molar-refractivity contribution is 6.51. The monoisotopic (exact) mass is 566 g/mol. The number of hydrogen-bond donors (Lipinski definition) is 3. The van der Waals surface area contributed by atoms with Crippen molar-refractivity contribution in [3.8, 4) is 11.3 Å². The van der Waals surface area contributed by atoms with Gasteiger partial charge in [0.05, 0.1) is 24.2 Å². The molecule has 5 atom stereocenters. The van der Waals surface area contributed by atoms with E-state index in [-0.39, 0.29) is 30.5 Å². The van der Waals surface area contributed by atoms with Gasteiger partial charge in [-0.3, -0.25) is 24.1 Å². The van der Waals surface area contributed by atoms with Gasteiger partial charge in [0.2, 0.25) is 5.91 Å². The molecule has 1 aromatic heterocycles. The van der Waals surface area contributed by atoms with Gasteiger partial charge in [-0.1, -0.05) is 50.2 Å². The van der Waals surface area contributed by atoms with Gasteiger partial charge in [0.15, 0.2) is 0 Å². The van der Waals surface area contributed by atoms with Gasteiger partial charge < -0.3 is 25.0 Å². The third kappa shape index (κ3) is 8.61. The second-order valence-corrected chi connectivity index (χ2v) is 10.9. The summed E-state index contributed by atoms with van der Waals surface area (Å²) in [5.41, 5.74) is 1.46. The lowest BCUT2D eigenvalue weighted by atomic mass is 9.73. The first-order valence-electron chi connectivity index (χ1n) is 13.8. The second kappa shape index (κ2) is 14.2. The molecule has 1 saturated heterocycles. The zero-order valence-corrected chi connectivity index (χ0v) is 24.4. The maximum Gasteiger partial charge on any atom is 0.622 e. The van der Waals surface area contributed by atoms with Crippen molar-refractivity contribution in [2.75, 3.05) is 7.05 Å². The van der Waals surface area contributed by atoms with Crippen molar-refractivity contribution >= 4 is 30.9 Å². The molecule has 0 aliphatic carbocycles. The molecule has 220 valence electrons. The lowest BCUT2D eigenvalue weighted by molar-refractivity contribution is -0.142. The first-order chi connectivity index (χ1) is 19.4. The highest BCUT2D eigenvalue weighted by atomic mass is 16.6. The maximum atomic E-state index is 13.4. The van der Waals surface area contributed by atoms with Crippen molar-refractivity contribution in [3.63, 3.8) is 0 Å². The van der Waals surface area contributed by atoms with E-state index in [1.807, 2.05) is 44.2 Å². The van der Waals surface area contributed by atoms with Crippen LogP contribution in [0.2, 0.25) is 0 Å². The maximum absolute atomic E-state index is 13.4. The number of hydrogen-bond acceptors (Lipinski definition) is 9. The zero-order valence-electron chi connectivity index (χ0n) is 24.4. The quantitative estimate of drug-likeness (QED) is 0.388. The molecule has 2 amide bonds. The molecule has 1 aliphatic rings. The fourth-order valence-corrected chi connectivity index (χ4v) is 4.48. The molecule has 0 unspecified atom stereocenters. The van der Waals surface area contributed by atoms with E-state index in [4.69, 9.17) is 9.31 Å². The number of carbonyl (C=O) groups is 4. The van der Waals surface area contributed by atoms with Crippen molar-refractivity contribution in [2.45, 2.75) is 77.6 Å². The zero-order chi connectivity index (χ0) is 30.3. The molecular weight excluding hydrogens is 527 g/mol. The van der Waals surface area contributed by atoms with Crippen LogP contribution in [0.3, 0.4) is 0 Å². The summed E-state index contributed by atoms with van der Waals surface area (Å²) in [5.74, 6) is -3.50. The van der Waals surface area contributed by atoms with E-state index in [2.05, 4.69) is 15.6 Å². The van der Waals surface area contributed by atoms with Crippen molar-refractivity contribution in [1.82, 2.24) is 20.5 Å². The first-order valence-corrected chi connectivity index (χ1v) is 13.8. The van der Waals surface area contributed by atoms with Gasteiger partial charge in [-0.2, -0.15) is 0 Å². The fourth-order valence-electron chi connectivity index (χ4n) is 4.48. The first kappa shape index (κ1) is 31.8. The van der Waals surface area contributed by atoms with Gasteiger partial charge in [-0.15, -0.1) is 0 Å². The average Bonchev–Trinajstić information content (AvgIpc) is 2.96.